The summed E-state index contributed by atoms with van der Waals surface area (Å²) in [5.41, 5.74) is 6.12. The molecular formula is C12H27NO. The van der Waals surface area contributed by atoms with E-state index in [4.69, 9.17) is 10.5 Å². The molecule has 0 spiro atoms. The van der Waals surface area contributed by atoms with Crippen molar-refractivity contribution in [2.75, 3.05) is 7.11 Å². The number of methoxy groups -OCH3 is 1. The predicted molar refractivity (Wildman–Crippen MR) is 62.3 cm³/mol. The van der Waals surface area contributed by atoms with Gasteiger partial charge in [-0.25, -0.2) is 0 Å². The first-order valence-electron chi connectivity index (χ1n) is 5.82. The van der Waals surface area contributed by atoms with Crippen molar-refractivity contribution in [2.45, 2.75) is 59.1 Å². The van der Waals surface area contributed by atoms with E-state index in [0.717, 1.165) is 0 Å². The van der Waals surface area contributed by atoms with Crippen LogP contribution in [-0.4, -0.2) is 19.3 Å². The molecule has 86 valence electrons. The van der Waals surface area contributed by atoms with Gasteiger partial charge in [-0.05, 0) is 18.8 Å². The molecular weight excluding hydrogens is 174 g/mol. The van der Waals surface area contributed by atoms with Crippen LogP contribution in [0.25, 0.3) is 0 Å². The second-order valence-corrected chi connectivity index (χ2v) is 4.50. The maximum Gasteiger partial charge on any atom is 0.0696 e. The molecule has 0 amide bonds. The highest BCUT2D eigenvalue weighted by molar-refractivity contribution is 4.78. The first-order valence-corrected chi connectivity index (χ1v) is 5.82. The standard InChI is InChI=1S/C12H27NO/c1-6-7-8-9(2)10(3)12(13)11(4)14-5/h9-12H,6-8,13H2,1-5H3/t9?,10?,11-,12?/m1/s1. The first kappa shape index (κ1) is 13.9. The van der Waals surface area contributed by atoms with Gasteiger partial charge in [-0.2, -0.15) is 0 Å². The molecule has 0 rings (SSSR count). The number of unbranched alkanes of at least 4 members (excludes halogenated alkanes) is 1. The summed E-state index contributed by atoms with van der Waals surface area (Å²) in [6, 6.07) is 0.159. The van der Waals surface area contributed by atoms with Crippen molar-refractivity contribution in [1.82, 2.24) is 0 Å². The van der Waals surface area contributed by atoms with E-state index in [1.807, 2.05) is 6.92 Å². The van der Waals surface area contributed by atoms with Crippen LogP contribution in [0.3, 0.4) is 0 Å². The summed E-state index contributed by atoms with van der Waals surface area (Å²) in [6.45, 7) is 8.81. The second kappa shape index (κ2) is 7.24. The van der Waals surface area contributed by atoms with Crippen LogP contribution in [0, 0.1) is 11.8 Å². The summed E-state index contributed by atoms with van der Waals surface area (Å²) in [4.78, 5) is 0. The number of nitrogens with two attached hydrogens (primary N) is 1. The van der Waals surface area contributed by atoms with Crippen LogP contribution in [0.5, 0.6) is 0 Å². The van der Waals surface area contributed by atoms with Gasteiger partial charge >= 0.3 is 0 Å². The van der Waals surface area contributed by atoms with Crippen molar-refractivity contribution in [3.63, 3.8) is 0 Å². The average molecular weight is 201 g/mol. The zero-order valence-electron chi connectivity index (χ0n) is 10.4. The molecule has 2 nitrogen and oxygen atoms in total. The number of hydrogen-bond acceptors (Lipinski definition) is 2. The number of ether oxygens (including phenoxy) is 1. The molecule has 2 heteroatoms. The lowest BCUT2D eigenvalue weighted by Crippen LogP contribution is -2.42. The van der Waals surface area contributed by atoms with Gasteiger partial charge in [-0.3, -0.25) is 0 Å². The van der Waals surface area contributed by atoms with Gasteiger partial charge in [-0.1, -0.05) is 40.0 Å². The third-order valence-electron chi connectivity index (χ3n) is 3.43. The summed E-state index contributed by atoms with van der Waals surface area (Å²) in [6.07, 6.45) is 4.02. The van der Waals surface area contributed by atoms with Crippen LogP contribution >= 0.6 is 0 Å². The fourth-order valence-electron chi connectivity index (χ4n) is 1.75. The third-order valence-corrected chi connectivity index (χ3v) is 3.43. The molecule has 2 N–H and O–H groups in total. The Morgan fingerprint density at radius 3 is 2.21 bits per heavy atom. The molecule has 0 radical (unpaired) electrons. The Morgan fingerprint density at radius 2 is 1.79 bits per heavy atom. The molecule has 0 aliphatic carbocycles. The van der Waals surface area contributed by atoms with Gasteiger partial charge in [-0.15, -0.1) is 0 Å². The van der Waals surface area contributed by atoms with Crippen molar-refractivity contribution >= 4 is 0 Å². The van der Waals surface area contributed by atoms with Crippen molar-refractivity contribution in [3.8, 4) is 0 Å². The van der Waals surface area contributed by atoms with Crippen LogP contribution in [0.15, 0.2) is 0 Å². The molecule has 4 atom stereocenters. The highest BCUT2D eigenvalue weighted by Gasteiger charge is 2.23. The van der Waals surface area contributed by atoms with Crippen molar-refractivity contribution in [2.24, 2.45) is 17.6 Å². The molecule has 0 aromatic carbocycles. The molecule has 3 unspecified atom stereocenters. The normalized spacial score (nSPS) is 20.1. The monoisotopic (exact) mass is 201 g/mol. The average Bonchev–Trinajstić information content (AvgIpc) is 2.22. The lowest BCUT2D eigenvalue weighted by Gasteiger charge is -2.29. The summed E-state index contributed by atoms with van der Waals surface area (Å²) in [5.74, 6) is 1.24. The van der Waals surface area contributed by atoms with Gasteiger partial charge in [0.2, 0.25) is 0 Å². The van der Waals surface area contributed by atoms with Crippen LogP contribution in [0.1, 0.15) is 47.0 Å². The summed E-state index contributed by atoms with van der Waals surface area (Å²) < 4.78 is 5.26. The minimum absolute atomic E-state index is 0.159. The van der Waals surface area contributed by atoms with Gasteiger partial charge in [0.1, 0.15) is 0 Å². The molecule has 0 saturated heterocycles. The Morgan fingerprint density at radius 1 is 1.21 bits per heavy atom. The largest absolute Gasteiger partial charge is 0.380 e. The van der Waals surface area contributed by atoms with Gasteiger partial charge in [0.25, 0.3) is 0 Å². The van der Waals surface area contributed by atoms with E-state index in [9.17, 15) is 0 Å². The van der Waals surface area contributed by atoms with E-state index in [1.165, 1.54) is 19.3 Å². The van der Waals surface area contributed by atoms with E-state index in [-0.39, 0.29) is 12.1 Å². The first-order chi connectivity index (χ1) is 6.54. The Labute approximate surface area is 89.2 Å². The van der Waals surface area contributed by atoms with Crippen LogP contribution < -0.4 is 5.73 Å². The Balaban J connectivity index is 3.95. The minimum atomic E-state index is 0.159. The summed E-state index contributed by atoms with van der Waals surface area (Å²) >= 11 is 0. The van der Waals surface area contributed by atoms with E-state index >= 15 is 0 Å². The molecule has 0 aliphatic heterocycles. The molecule has 0 aromatic rings. The zero-order valence-corrected chi connectivity index (χ0v) is 10.4. The lowest BCUT2D eigenvalue weighted by molar-refractivity contribution is 0.0674. The van der Waals surface area contributed by atoms with Gasteiger partial charge < -0.3 is 10.5 Å². The SMILES string of the molecule is CCCCC(C)C(C)C(N)[C@@H](C)OC. The molecule has 0 bridgehead atoms. The predicted octanol–water partition coefficient (Wildman–Crippen LogP) is 2.81. The Bertz CT molecular complexity index is 138. The van der Waals surface area contributed by atoms with Gasteiger partial charge in [0.05, 0.1) is 6.10 Å². The maximum absolute atomic E-state index is 6.12. The fraction of sp³-hybridized carbons (Fsp3) is 1.00. The number of hydrogen-bond donors (Lipinski definition) is 1. The van der Waals surface area contributed by atoms with E-state index < -0.39 is 0 Å². The van der Waals surface area contributed by atoms with Crippen LogP contribution in [0.2, 0.25) is 0 Å². The highest BCUT2D eigenvalue weighted by atomic mass is 16.5. The minimum Gasteiger partial charge on any atom is -0.380 e. The Hall–Kier alpha value is -0.0800. The molecule has 0 aliphatic rings. The molecule has 0 saturated carbocycles. The van der Waals surface area contributed by atoms with Crippen LogP contribution in [-0.2, 0) is 4.74 Å². The van der Waals surface area contributed by atoms with Gasteiger partial charge in [0.15, 0.2) is 0 Å². The highest BCUT2D eigenvalue weighted by Crippen LogP contribution is 2.22. The summed E-state index contributed by atoms with van der Waals surface area (Å²) in [5, 5.41) is 0. The maximum atomic E-state index is 6.12. The van der Waals surface area contributed by atoms with Crippen LogP contribution in [0.4, 0.5) is 0 Å². The van der Waals surface area contributed by atoms with Crippen molar-refractivity contribution < 1.29 is 4.74 Å². The third kappa shape index (κ3) is 4.43. The Kier molecular flexibility index (Phi) is 7.20. The van der Waals surface area contributed by atoms with E-state index in [1.54, 1.807) is 7.11 Å². The molecule has 0 fully saturated rings. The topological polar surface area (TPSA) is 35.2 Å². The second-order valence-electron chi connectivity index (χ2n) is 4.50. The smallest absolute Gasteiger partial charge is 0.0696 e. The number of rotatable bonds is 7. The lowest BCUT2D eigenvalue weighted by atomic mass is 9.84. The summed E-state index contributed by atoms with van der Waals surface area (Å²) in [7, 11) is 1.73. The zero-order chi connectivity index (χ0) is 11.1. The molecule has 14 heavy (non-hydrogen) atoms. The molecule has 0 aromatic heterocycles. The molecule has 0 heterocycles. The van der Waals surface area contributed by atoms with Crippen molar-refractivity contribution in [1.29, 1.82) is 0 Å². The van der Waals surface area contributed by atoms with Crippen molar-refractivity contribution in [3.05, 3.63) is 0 Å². The van der Waals surface area contributed by atoms with E-state index in [0.29, 0.717) is 11.8 Å². The van der Waals surface area contributed by atoms with Gasteiger partial charge in [0, 0.05) is 13.2 Å². The quantitative estimate of drug-likeness (QED) is 0.687. The van der Waals surface area contributed by atoms with E-state index in [2.05, 4.69) is 20.8 Å². The fourth-order valence-corrected chi connectivity index (χ4v) is 1.75.